The molecule has 1 fully saturated rings. The van der Waals surface area contributed by atoms with Crippen molar-refractivity contribution < 1.29 is 23.8 Å². The molecule has 130 valence electrons. The predicted molar refractivity (Wildman–Crippen MR) is 87.3 cm³/mol. The Labute approximate surface area is 140 Å². The zero-order chi connectivity index (χ0) is 17.4. The van der Waals surface area contributed by atoms with Gasteiger partial charge in [0, 0.05) is 20.0 Å². The van der Waals surface area contributed by atoms with E-state index in [0.29, 0.717) is 37.8 Å². The lowest BCUT2D eigenvalue weighted by Gasteiger charge is -2.26. The monoisotopic (exact) mass is 335 g/mol. The van der Waals surface area contributed by atoms with Crippen molar-refractivity contribution in [2.75, 3.05) is 40.0 Å². The maximum Gasteiger partial charge on any atom is 0.260 e. The number of carbonyl (C=O) groups is 2. The SMILES string of the molecule is COc1cc(/C=N\NC(C)=O)ccc1OCC(=O)N1CCOCC1. The first kappa shape index (κ1) is 17.7. The van der Waals surface area contributed by atoms with Gasteiger partial charge in [0.05, 0.1) is 26.5 Å². The summed E-state index contributed by atoms with van der Waals surface area (Å²) in [5, 5.41) is 3.79. The highest BCUT2D eigenvalue weighted by molar-refractivity contribution is 5.83. The summed E-state index contributed by atoms with van der Waals surface area (Å²) >= 11 is 0. The van der Waals surface area contributed by atoms with Crippen LogP contribution in [0.4, 0.5) is 0 Å². The van der Waals surface area contributed by atoms with E-state index in [1.165, 1.54) is 20.2 Å². The maximum absolute atomic E-state index is 12.1. The Kier molecular flexibility index (Phi) is 6.56. The Morgan fingerprint density at radius 1 is 1.33 bits per heavy atom. The fourth-order valence-electron chi connectivity index (χ4n) is 2.12. The minimum absolute atomic E-state index is 0.0598. The minimum atomic E-state index is -0.250. The summed E-state index contributed by atoms with van der Waals surface area (Å²) in [7, 11) is 1.51. The van der Waals surface area contributed by atoms with Crippen LogP contribution < -0.4 is 14.9 Å². The van der Waals surface area contributed by atoms with Crippen molar-refractivity contribution in [2.24, 2.45) is 5.10 Å². The maximum atomic E-state index is 12.1. The van der Waals surface area contributed by atoms with Crippen molar-refractivity contribution in [3.8, 4) is 11.5 Å². The molecule has 1 saturated heterocycles. The van der Waals surface area contributed by atoms with Gasteiger partial charge in [0.25, 0.3) is 5.91 Å². The number of hydrogen-bond acceptors (Lipinski definition) is 6. The van der Waals surface area contributed by atoms with Gasteiger partial charge in [-0.15, -0.1) is 0 Å². The summed E-state index contributed by atoms with van der Waals surface area (Å²) in [5.74, 6) is 0.615. The van der Waals surface area contributed by atoms with E-state index in [1.54, 1.807) is 23.1 Å². The van der Waals surface area contributed by atoms with Gasteiger partial charge in [0.15, 0.2) is 18.1 Å². The van der Waals surface area contributed by atoms with Gasteiger partial charge >= 0.3 is 0 Å². The van der Waals surface area contributed by atoms with Crippen LogP contribution in [-0.4, -0.2) is 62.9 Å². The molecule has 1 aliphatic heterocycles. The molecule has 1 aliphatic rings. The second-order valence-electron chi connectivity index (χ2n) is 5.12. The van der Waals surface area contributed by atoms with Crippen LogP contribution in [-0.2, 0) is 14.3 Å². The highest BCUT2D eigenvalue weighted by Gasteiger charge is 2.17. The highest BCUT2D eigenvalue weighted by atomic mass is 16.5. The van der Waals surface area contributed by atoms with Crippen LogP contribution in [0.25, 0.3) is 0 Å². The van der Waals surface area contributed by atoms with Crippen LogP contribution in [0.2, 0.25) is 0 Å². The van der Waals surface area contributed by atoms with Crippen LogP contribution in [0.5, 0.6) is 11.5 Å². The van der Waals surface area contributed by atoms with Gasteiger partial charge in [-0.1, -0.05) is 0 Å². The normalized spacial score (nSPS) is 14.5. The molecule has 2 amide bonds. The van der Waals surface area contributed by atoms with Crippen molar-refractivity contribution in [3.05, 3.63) is 23.8 Å². The summed E-state index contributed by atoms with van der Waals surface area (Å²) < 4.78 is 16.1. The van der Waals surface area contributed by atoms with Crippen molar-refractivity contribution in [1.82, 2.24) is 10.3 Å². The van der Waals surface area contributed by atoms with Gasteiger partial charge in [0.2, 0.25) is 5.91 Å². The summed E-state index contributed by atoms with van der Waals surface area (Å²) in [6, 6.07) is 5.16. The van der Waals surface area contributed by atoms with Gasteiger partial charge in [-0.05, 0) is 23.8 Å². The Bertz CT molecular complexity index is 612. The molecular weight excluding hydrogens is 314 g/mol. The van der Waals surface area contributed by atoms with E-state index >= 15 is 0 Å². The number of methoxy groups -OCH3 is 1. The standard InChI is InChI=1S/C16H21N3O5/c1-12(20)18-17-10-13-3-4-14(15(9-13)22-2)24-11-16(21)19-5-7-23-8-6-19/h3-4,9-10H,5-8,11H2,1-2H3,(H,18,20)/b17-10-. The molecule has 0 aliphatic carbocycles. The van der Waals surface area contributed by atoms with Crippen LogP contribution >= 0.6 is 0 Å². The number of hydrogen-bond donors (Lipinski definition) is 1. The third kappa shape index (κ3) is 5.24. The van der Waals surface area contributed by atoms with E-state index in [4.69, 9.17) is 14.2 Å². The minimum Gasteiger partial charge on any atom is -0.493 e. The lowest BCUT2D eigenvalue weighted by Crippen LogP contribution is -2.43. The Hall–Kier alpha value is -2.61. The topological polar surface area (TPSA) is 89.5 Å². The molecule has 0 unspecified atom stereocenters. The molecule has 8 nitrogen and oxygen atoms in total. The summed E-state index contributed by atoms with van der Waals surface area (Å²) in [6.45, 7) is 3.58. The highest BCUT2D eigenvalue weighted by Crippen LogP contribution is 2.27. The molecular formula is C16H21N3O5. The molecule has 0 bridgehead atoms. The van der Waals surface area contributed by atoms with Crippen LogP contribution in [0.3, 0.4) is 0 Å². The third-order valence-electron chi connectivity index (χ3n) is 3.34. The van der Waals surface area contributed by atoms with E-state index < -0.39 is 0 Å². The number of amides is 2. The summed E-state index contributed by atoms with van der Waals surface area (Å²) in [4.78, 5) is 24.6. The van der Waals surface area contributed by atoms with Crippen LogP contribution in [0.15, 0.2) is 23.3 Å². The van der Waals surface area contributed by atoms with Crippen molar-refractivity contribution >= 4 is 18.0 Å². The molecule has 0 atom stereocenters. The lowest BCUT2D eigenvalue weighted by molar-refractivity contribution is -0.137. The first-order valence-corrected chi connectivity index (χ1v) is 7.56. The zero-order valence-corrected chi connectivity index (χ0v) is 13.8. The van der Waals surface area contributed by atoms with Gasteiger partial charge < -0.3 is 19.1 Å². The largest absolute Gasteiger partial charge is 0.493 e. The quantitative estimate of drug-likeness (QED) is 0.600. The second-order valence-corrected chi connectivity index (χ2v) is 5.12. The van der Waals surface area contributed by atoms with Crippen LogP contribution in [0.1, 0.15) is 12.5 Å². The Morgan fingerprint density at radius 3 is 2.75 bits per heavy atom. The number of benzene rings is 1. The van der Waals surface area contributed by atoms with Crippen molar-refractivity contribution in [1.29, 1.82) is 0 Å². The van der Waals surface area contributed by atoms with Crippen molar-refractivity contribution in [3.63, 3.8) is 0 Å². The number of morpholine rings is 1. The van der Waals surface area contributed by atoms with E-state index in [0.717, 1.165) is 5.56 Å². The molecule has 0 saturated carbocycles. The fraction of sp³-hybridized carbons (Fsp3) is 0.438. The van der Waals surface area contributed by atoms with Gasteiger partial charge in [0.1, 0.15) is 0 Å². The fourth-order valence-corrected chi connectivity index (χ4v) is 2.12. The molecule has 2 rings (SSSR count). The van der Waals surface area contributed by atoms with Gasteiger partial charge in [-0.2, -0.15) is 5.10 Å². The van der Waals surface area contributed by atoms with Crippen LogP contribution in [0, 0.1) is 0 Å². The number of nitrogens with one attached hydrogen (secondary N) is 1. The molecule has 1 aromatic carbocycles. The van der Waals surface area contributed by atoms with E-state index in [-0.39, 0.29) is 18.4 Å². The van der Waals surface area contributed by atoms with Gasteiger partial charge in [-0.25, -0.2) is 5.43 Å². The average Bonchev–Trinajstić information content (AvgIpc) is 2.60. The average molecular weight is 335 g/mol. The molecule has 1 N–H and O–H groups in total. The van der Waals surface area contributed by atoms with E-state index in [9.17, 15) is 9.59 Å². The van der Waals surface area contributed by atoms with E-state index in [2.05, 4.69) is 10.5 Å². The first-order valence-electron chi connectivity index (χ1n) is 7.56. The zero-order valence-electron chi connectivity index (χ0n) is 13.8. The number of hydrazone groups is 1. The Balaban J connectivity index is 1.95. The van der Waals surface area contributed by atoms with Crippen molar-refractivity contribution in [2.45, 2.75) is 6.92 Å². The molecule has 0 spiro atoms. The predicted octanol–water partition coefficient (Wildman–Crippen LogP) is 0.403. The lowest BCUT2D eigenvalue weighted by atomic mass is 10.2. The number of ether oxygens (including phenoxy) is 3. The molecule has 24 heavy (non-hydrogen) atoms. The summed E-state index contributed by atoms with van der Waals surface area (Å²) in [6.07, 6.45) is 1.49. The Morgan fingerprint density at radius 2 is 2.08 bits per heavy atom. The number of nitrogens with zero attached hydrogens (tertiary/aromatic N) is 2. The molecule has 1 aromatic rings. The third-order valence-corrected chi connectivity index (χ3v) is 3.34. The second kappa shape index (κ2) is 8.88. The molecule has 0 radical (unpaired) electrons. The summed E-state index contributed by atoms with van der Waals surface area (Å²) in [5.41, 5.74) is 3.05. The number of rotatable bonds is 6. The van der Waals surface area contributed by atoms with E-state index in [1.807, 2.05) is 0 Å². The molecule has 1 heterocycles. The molecule has 0 aromatic heterocycles. The number of carbonyl (C=O) groups excluding carboxylic acids is 2. The van der Waals surface area contributed by atoms with Gasteiger partial charge in [-0.3, -0.25) is 9.59 Å². The molecule has 8 heteroatoms. The first-order chi connectivity index (χ1) is 11.6. The smallest absolute Gasteiger partial charge is 0.260 e.